The number of hydrogen-bond donors (Lipinski definition) is 3. The van der Waals surface area contributed by atoms with Gasteiger partial charge in [0, 0.05) is 12.6 Å². The number of rotatable bonds is 18. The summed E-state index contributed by atoms with van der Waals surface area (Å²) in [5, 5.41) is 15.4. The summed E-state index contributed by atoms with van der Waals surface area (Å²) >= 11 is 0. The number of aliphatic hydroxyl groups excluding tert-OH is 1. The van der Waals surface area contributed by atoms with Crippen LogP contribution in [0, 0.1) is 0 Å². The van der Waals surface area contributed by atoms with Gasteiger partial charge >= 0.3 is 0 Å². The second kappa shape index (κ2) is 18.4. The first-order valence-electron chi connectivity index (χ1n) is 12.5. The minimum absolute atomic E-state index is 0.343. The molecule has 1 aromatic carbocycles. The van der Waals surface area contributed by atoms with Gasteiger partial charge in [0.1, 0.15) is 6.04 Å². The van der Waals surface area contributed by atoms with Crippen molar-refractivity contribution in [1.82, 2.24) is 10.6 Å². The van der Waals surface area contributed by atoms with Crippen molar-refractivity contribution >= 4 is 17.9 Å². The van der Waals surface area contributed by atoms with Crippen LogP contribution in [0.3, 0.4) is 0 Å². The standard InChI is InChI=1S/C27H44N2O3/c1-3-4-5-6-7-8-9-10-11-12-13-17-22-28-27(32)26(23(2)30)29-25(31)21-20-24-18-15-14-16-19-24/h14-16,18-21,23,26,30H,3-13,17,22H2,1-2H3,(H,28,32)(H,29,31). The zero-order valence-corrected chi connectivity index (χ0v) is 20.2. The highest BCUT2D eigenvalue weighted by atomic mass is 16.3. The number of benzene rings is 1. The predicted molar refractivity (Wildman–Crippen MR) is 133 cm³/mol. The zero-order chi connectivity index (χ0) is 23.4. The zero-order valence-electron chi connectivity index (χ0n) is 20.2. The van der Waals surface area contributed by atoms with Gasteiger partial charge in [-0.1, -0.05) is 108 Å². The summed E-state index contributed by atoms with van der Waals surface area (Å²) in [4.78, 5) is 24.5. The highest BCUT2D eigenvalue weighted by Crippen LogP contribution is 2.11. The second-order valence-corrected chi connectivity index (χ2v) is 8.65. The quantitative estimate of drug-likeness (QED) is 0.210. The second-order valence-electron chi connectivity index (χ2n) is 8.65. The average molecular weight is 445 g/mol. The van der Waals surface area contributed by atoms with Crippen molar-refractivity contribution < 1.29 is 14.7 Å². The van der Waals surface area contributed by atoms with Crippen LogP contribution >= 0.6 is 0 Å². The summed E-state index contributed by atoms with van der Waals surface area (Å²) in [5.74, 6) is -0.746. The molecule has 180 valence electrons. The van der Waals surface area contributed by atoms with Crippen LogP contribution in [0.15, 0.2) is 36.4 Å². The van der Waals surface area contributed by atoms with Gasteiger partial charge in [0.15, 0.2) is 0 Å². The van der Waals surface area contributed by atoms with E-state index in [1.54, 1.807) is 6.08 Å². The Bertz CT molecular complexity index is 644. The molecule has 0 radical (unpaired) electrons. The molecule has 0 fully saturated rings. The number of unbranched alkanes of at least 4 members (excludes halogenated alkanes) is 11. The van der Waals surface area contributed by atoms with Crippen molar-refractivity contribution in [3.8, 4) is 0 Å². The molecule has 3 N–H and O–H groups in total. The van der Waals surface area contributed by atoms with Crippen LogP contribution in [-0.4, -0.2) is 35.6 Å². The van der Waals surface area contributed by atoms with E-state index >= 15 is 0 Å². The fraction of sp³-hybridized carbons (Fsp3) is 0.630. The van der Waals surface area contributed by atoms with Gasteiger partial charge in [-0.05, 0) is 25.0 Å². The number of nitrogens with one attached hydrogen (secondary N) is 2. The van der Waals surface area contributed by atoms with E-state index in [4.69, 9.17) is 0 Å². The van der Waals surface area contributed by atoms with E-state index in [0.717, 1.165) is 18.4 Å². The van der Waals surface area contributed by atoms with Gasteiger partial charge in [0.2, 0.25) is 11.8 Å². The Hall–Kier alpha value is -2.14. The van der Waals surface area contributed by atoms with E-state index in [2.05, 4.69) is 17.6 Å². The average Bonchev–Trinajstić information content (AvgIpc) is 2.79. The minimum atomic E-state index is -0.967. The van der Waals surface area contributed by atoms with E-state index in [0.29, 0.717) is 6.54 Å². The third-order valence-corrected chi connectivity index (χ3v) is 5.62. The third-order valence-electron chi connectivity index (χ3n) is 5.62. The largest absolute Gasteiger partial charge is 0.391 e. The van der Waals surface area contributed by atoms with Crippen molar-refractivity contribution in [2.24, 2.45) is 0 Å². The normalized spacial score (nSPS) is 13.1. The highest BCUT2D eigenvalue weighted by Gasteiger charge is 2.24. The van der Waals surface area contributed by atoms with Crippen LogP contribution < -0.4 is 10.6 Å². The first kappa shape index (κ1) is 27.9. The maximum atomic E-state index is 12.4. The molecule has 0 aliphatic heterocycles. The summed E-state index contributed by atoms with van der Waals surface area (Å²) < 4.78 is 0. The molecule has 2 unspecified atom stereocenters. The van der Waals surface area contributed by atoms with Crippen molar-refractivity contribution in [2.75, 3.05) is 6.54 Å². The van der Waals surface area contributed by atoms with Crippen molar-refractivity contribution in [1.29, 1.82) is 0 Å². The van der Waals surface area contributed by atoms with Gasteiger partial charge in [-0.3, -0.25) is 9.59 Å². The van der Waals surface area contributed by atoms with Crippen molar-refractivity contribution in [2.45, 2.75) is 103 Å². The lowest BCUT2D eigenvalue weighted by atomic mass is 10.1. The lowest BCUT2D eigenvalue weighted by Gasteiger charge is -2.20. The number of hydrogen-bond acceptors (Lipinski definition) is 3. The summed E-state index contributed by atoms with van der Waals surface area (Å²) in [6.45, 7) is 4.32. The molecule has 5 heteroatoms. The smallest absolute Gasteiger partial charge is 0.245 e. The van der Waals surface area contributed by atoms with Gasteiger partial charge < -0.3 is 15.7 Å². The Balaban J connectivity index is 2.13. The highest BCUT2D eigenvalue weighted by molar-refractivity contribution is 5.95. The fourth-order valence-corrected chi connectivity index (χ4v) is 3.63. The fourth-order valence-electron chi connectivity index (χ4n) is 3.63. The van der Waals surface area contributed by atoms with E-state index < -0.39 is 18.1 Å². The van der Waals surface area contributed by atoms with E-state index in [-0.39, 0.29) is 5.91 Å². The minimum Gasteiger partial charge on any atom is -0.391 e. The van der Waals surface area contributed by atoms with Crippen LogP contribution in [0.25, 0.3) is 6.08 Å². The molecule has 0 saturated heterocycles. The maximum Gasteiger partial charge on any atom is 0.245 e. The summed E-state index contributed by atoms with van der Waals surface area (Å²) in [6.07, 6.45) is 17.3. The van der Waals surface area contributed by atoms with E-state index in [1.165, 1.54) is 77.2 Å². The molecule has 2 atom stereocenters. The van der Waals surface area contributed by atoms with E-state index in [1.807, 2.05) is 30.3 Å². The molecule has 1 rings (SSSR count). The maximum absolute atomic E-state index is 12.4. The molecule has 32 heavy (non-hydrogen) atoms. The summed E-state index contributed by atoms with van der Waals surface area (Å²) in [5.41, 5.74) is 0.896. The molecule has 0 saturated carbocycles. The van der Waals surface area contributed by atoms with Crippen LogP contribution in [0.1, 0.15) is 96.5 Å². The molecular formula is C27H44N2O3. The molecule has 5 nitrogen and oxygen atoms in total. The Kier molecular flexibility index (Phi) is 16.1. The number of carbonyl (C=O) groups is 2. The Morgan fingerprint density at radius 1 is 0.875 bits per heavy atom. The Morgan fingerprint density at radius 2 is 1.41 bits per heavy atom. The topological polar surface area (TPSA) is 78.4 Å². The molecule has 0 spiro atoms. The van der Waals surface area contributed by atoms with Crippen LogP contribution in [0.4, 0.5) is 0 Å². The predicted octanol–water partition coefficient (Wildman–Crippen LogP) is 5.38. The Labute approximate surface area is 195 Å². The monoisotopic (exact) mass is 444 g/mol. The van der Waals surface area contributed by atoms with Gasteiger partial charge in [0.05, 0.1) is 6.10 Å². The van der Waals surface area contributed by atoms with Crippen LogP contribution in [0.5, 0.6) is 0 Å². The first-order valence-corrected chi connectivity index (χ1v) is 12.5. The van der Waals surface area contributed by atoms with Crippen molar-refractivity contribution in [3.05, 3.63) is 42.0 Å². The molecule has 0 aliphatic carbocycles. The van der Waals surface area contributed by atoms with Crippen molar-refractivity contribution in [3.63, 3.8) is 0 Å². The van der Waals surface area contributed by atoms with E-state index in [9.17, 15) is 14.7 Å². The SMILES string of the molecule is CCCCCCCCCCCCCCNC(=O)C(NC(=O)C=Cc1ccccc1)C(C)O. The summed E-state index contributed by atoms with van der Waals surface area (Å²) in [6, 6.07) is 8.50. The molecule has 0 aliphatic rings. The van der Waals surface area contributed by atoms with Crippen LogP contribution in [0.2, 0.25) is 0 Å². The third kappa shape index (κ3) is 14.0. The molecule has 0 aromatic heterocycles. The lowest BCUT2D eigenvalue weighted by Crippen LogP contribution is -2.52. The molecule has 0 bridgehead atoms. The van der Waals surface area contributed by atoms with Gasteiger partial charge in [-0.15, -0.1) is 0 Å². The van der Waals surface area contributed by atoms with Gasteiger partial charge in [-0.2, -0.15) is 0 Å². The lowest BCUT2D eigenvalue weighted by molar-refractivity contribution is -0.129. The molecule has 1 aromatic rings. The summed E-state index contributed by atoms with van der Waals surface area (Å²) in [7, 11) is 0. The molecule has 0 heterocycles. The molecule has 2 amide bonds. The molecular weight excluding hydrogens is 400 g/mol. The number of amides is 2. The Morgan fingerprint density at radius 3 is 1.94 bits per heavy atom. The van der Waals surface area contributed by atoms with Gasteiger partial charge in [0.25, 0.3) is 0 Å². The number of carbonyl (C=O) groups excluding carboxylic acids is 2. The number of aliphatic hydroxyl groups is 1. The van der Waals surface area contributed by atoms with Gasteiger partial charge in [-0.25, -0.2) is 0 Å². The van der Waals surface area contributed by atoms with Crippen LogP contribution in [-0.2, 0) is 9.59 Å². The first-order chi connectivity index (χ1) is 15.5.